The van der Waals surface area contributed by atoms with Gasteiger partial charge in [-0.1, -0.05) is 48.5 Å². The number of para-hydroxylation sites is 1. The molecule has 32 heavy (non-hydrogen) atoms. The van der Waals surface area contributed by atoms with Gasteiger partial charge in [-0.3, -0.25) is 0 Å². The number of carbonyl (C=O) groups is 1. The molecule has 1 heterocycles. The number of methoxy groups -OCH3 is 1. The predicted octanol–water partition coefficient (Wildman–Crippen LogP) is 6.10. The van der Waals surface area contributed by atoms with E-state index in [1.165, 1.54) is 11.1 Å². The van der Waals surface area contributed by atoms with E-state index in [2.05, 4.69) is 63.2 Å². The fourth-order valence-corrected chi connectivity index (χ4v) is 4.55. The Labute approximate surface area is 191 Å². The Hall–Kier alpha value is -3.21. The first-order valence-electron chi connectivity index (χ1n) is 10.8. The average molecular weight is 430 g/mol. The van der Waals surface area contributed by atoms with Crippen molar-refractivity contribution in [2.75, 3.05) is 20.7 Å². The van der Waals surface area contributed by atoms with Gasteiger partial charge in [0.1, 0.15) is 11.4 Å². The number of nitrogens with zero attached hydrogens (tertiary/aromatic N) is 1. The Kier molecular flexibility index (Phi) is 6.68. The number of rotatable bonds is 5. The van der Waals surface area contributed by atoms with Crippen LogP contribution < -0.4 is 10.9 Å². The standard InChI is InChI=1S/C28H30NO2.H3N/c1-19-17-24-25(18-20(19)2)28(30)29(4,16-15-22-11-9-10-14-26(22)31-5)21(3)27(24)23-12-7-6-8-13-23;/h6-14,17-18H,15-16H2,1-5H3;1H3/q+1;. The van der Waals surface area contributed by atoms with Crippen LogP contribution in [0.15, 0.2) is 72.4 Å². The molecule has 3 aromatic rings. The molecule has 3 N–H and O–H groups in total. The summed E-state index contributed by atoms with van der Waals surface area (Å²) in [4.78, 5) is 13.9. The Morgan fingerprint density at radius 2 is 1.44 bits per heavy atom. The van der Waals surface area contributed by atoms with Crippen molar-refractivity contribution < 1.29 is 14.0 Å². The van der Waals surface area contributed by atoms with Crippen LogP contribution in [0.3, 0.4) is 0 Å². The van der Waals surface area contributed by atoms with Crippen molar-refractivity contribution in [2.24, 2.45) is 0 Å². The number of carbonyl (C=O) groups excluding carboxylic acids is 1. The molecule has 4 heteroatoms. The molecule has 0 aliphatic carbocycles. The zero-order valence-corrected chi connectivity index (χ0v) is 19.7. The molecule has 1 amide bonds. The lowest BCUT2D eigenvalue weighted by Crippen LogP contribution is -2.51. The van der Waals surface area contributed by atoms with Gasteiger partial charge in [0, 0.05) is 24.5 Å². The molecule has 1 unspecified atom stereocenters. The highest BCUT2D eigenvalue weighted by molar-refractivity contribution is 6.02. The molecular weight excluding hydrogens is 396 g/mol. The van der Waals surface area contributed by atoms with Gasteiger partial charge in [0.15, 0.2) is 0 Å². The summed E-state index contributed by atoms with van der Waals surface area (Å²) in [6, 6.07) is 22.7. The molecule has 3 aromatic carbocycles. The number of fused-ring (bicyclic) bond motifs is 1. The number of hydrogen-bond acceptors (Lipinski definition) is 3. The lowest BCUT2D eigenvalue weighted by Gasteiger charge is -2.38. The predicted molar refractivity (Wildman–Crippen MR) is 131 cm³/mol. The Bertz CT molecular complexity index is 1180. The molecule has 0 spiro atoms. The molecule has 0 fully saturated rings. The maximum absolute atomic E-state index is 13.9. The highest BCUT2D eigenvalue weighted by Crippen LogP contribution is 2.41. The molecular formula is C28H33N2O2+. The van der Waals surface area contributed by atoms with E-state index < -0.39 is 0 Å². The van der Waals surface area contributed by atoms with Crippen molar-refractivity contribution in [3.8, 4) is 5.75 Å². The van der Waals surface area contributed by atoms with E-state index in [1.807, 2.05) is 31.3 Å². The third-order valence-corrected chi connectivity index (χ3v) is 6.77. The largest absolute Gasteiger partial charge is 0.496 e. The van der Waals surface area contributed by atoms with Gasteiger partial charge >= 0.3 is 5.91 Å². The SMILES string of the molecule is COc1ccccc1CC[N+]1(C)C(=O)c2cc(C)c(C)cc2C(c2ccccc2)=C1C.N. The molecule has 0 bridgehead atoms. The molecule has 1 aliphatic rings. The Morgan fingerprint density at radius 1 is 0.844 bits per heavy atom. The van der Waals surface area contributed by atoms with Crippen LogP contribution in [0.25, 0.3) is 5.57 Å². The lowest BCUT2D eigenvalue weighted by molar-refractivity contribution is -0.788. The van der Waals surface area contributed by atoms with Crippen LogP contribution in [0.2, 0.25) is 0 Å². The van der Waals surface area contributed by atoms with Gasteiger partial charge < -0.3 is 10.9 Å². The molecule has 166 valence electrons. The second-order valence-corrected chi connectivity index (χ2v) is 8.59. The van der Waals surface area contributed by atoms with Gasteiger partial charge in [0.05, 0.1) is 26.3 Å². The topological polar surface area (TPSA) is 61.3 Å². The first kappa shape index (κ1) is 23.5. The number of likely N-dealkylation sites (N-methyl/N-ethyl adjacent to an activating group) is 1. The molecule has 0 aromatic heterocycles. The van der Waals surface area contributed by atoms with Crippen LogP contribution in [-0.4, -0.2) is 31.1 Å². The molecule has 1 atom stereocenters. The molecule has 0 radical (unpaired) electrons. The number of quaternary nitrogens is 1. The summed E-state index contributed by atoms with van der Waals surface area (Å²) < 4.78 is 5.81. The van der Waals surface area contributed by atoms with Gasteiger partial charge in [-0.15, -0.1) is 0 Å². The fourth-order valence-electron chi connectivity index (χ4n) is 4.55. The van der Waals surface area contributed by atoms with E-state index in [4.69, 9.17) is 4.74 Å². The number of amides is 1. The van der Waals surface area contributed by atoms with Crippen LogP contribution in [-0.2, 0) is 6.42 Å². The maximum atomic E-state index is 13.9. The molecule has 0 saturated carbocycles. The zero-order valence-electron chi connectivity index (χ0n) is 19.7. The van der Waals surface area contributed by atoms with Gasteiger partial charge in [-0.2, -0.15) is 0 Å². The number of allylic oxidation sites excluding steroid dienone is 1. The van der Waals surface area contributed by atoms with Crippen molar-refractivity contribution >= 4 is 11.5 Å². The maximum Gasteiger partial charge on any atom is 0.351 e. The fraction of sp³-hybridized carbons (Fsp3) is 0.250. The number of aryl methyl sites for hydroxylation is 2. The van der Waals surface area contributed by atoms with E-state index in [0.29, 0.717) is 6.54 Å². The molecule has 4 rings (SSSR count). The monoisotopic (exact) mass is 429 g/mol. The number of ether oxygens (including phenoxy) is 1. The van der Waals surface area contributed by atoms with Crippen molar-refractivity contribution in [3.63, 3.8) is 0 Å². The minimum Gasteiger partial charge on any atom is -0.496 e. The first-order valence-corrected chi connectivity index (χ1v) is 10.8. The van der Waals surface area contributed by atoms with E-state index in [0.717, 1.165) is 45.7 Å². The van der Waals surface area contributed by atoms with Crippen molar-refractivity contribution in [2.45, 2.75) is 27.2 Å². The van der Waals surface area contributed by atoms with E-state index >= 15 is 0 Å². The normalized spacial score (nSPS) is 17.6. The smallest absolute Gasteiger partial charge is 0.351 e. The zero-order chi connectivity index (χ0) is 22.2. The summed E-state index contributed by atoms with van der Waals surface area (Å²) in [6.07, 6.45) is 0.756. The minimum absolute atomic E-state index is 0. The summed E-state index contributed by atoms with van der Waals surface area (Å²) >= 11 is 0. The van der Waals surface area contributed by atoms with Crippen LogP contribution in [0, 0.1) is 13.8 Å². The van der Waals surface area contributed by atoms with Gasteiger partial charge in [-0.25, -0.2) is 9.28 Å². The number of benzene rings is 3. The third-order valence-electron chi connectivity index (χ3n) is 6.77. The summed E-state index contributed by atoms with van der Waals surface area (Å²) in [5.74, 6) is 1.03. The highest BCUT2D eigenvalue weighted by atomic mass is 16.5. The lowest BCUT2D eigenvalue weighted by atomic mass is 9.85. The van der Waals surface area contributed by atoms with Gasteiger partial charge in [0.25, 0.3) is 0 Å². The van der Waals surface area contributed by atoms with Gasteiger partial charge in [0.2, 0.25) is 0 Å². The van der Waals surface area contributed by atoms with Crippen LogP contribution in [0.1, 0.15) is 45.1 Å². The van der Waals surface area contributed by atoms with Crippen molar-refractivity contribution in [1.29, 1.82) is 0 Å². The highest BCUT2D eigenvalue weighted by Gasteiger charge is 2.43. The van der Waals surface area contributed by atoms with Crippen LogP contribution in [0.4, 0.5) is 0 Å². The summed E-state index contributed by atoms with van der Waals surface area (Å²) in [6.45, 7) is 6.98. The Balaban J connectivity index is 0.00000289. The minimum atomic E-state index is 0. The van der Waals surface area contributed by atoms with Gasteiger partial charge in [-0.05, 0) is 54.3 Å². The summed E-state index contributed by atoms with van der Waals surface area (Å²) in [5.41, 5.74) is 8.74. The molecule has 1 aliphatic heterocycles. The van der Waals surface area contributed by atoms with E-state index in [9.17, 15) is 4.79 Å². The summed E-state index contributed by atoms with van der Waals surface area (Å²) in [5, 5.41) is 0. The number of hydrogen-bond donors (Lipinski definition) is 1. The van der Waals surface area contributed by atoms with E-state index in [-0.39, 0.29) is 16.5 Å². The van der Waals surface area contributed by atoms with E-state index in [1.54, 1.807) is 7.11 Å². The average Bonchev–Trinajstić information content (AvgIpc) is 2.79. The molecule has 4 nitrogen and oxygen atoms in total. The second kappa shape index (κ2) is 9.11. The van der Waals surface area contributed by atoms with Crippen LogP contribution in [0.5, 0.6) is 5.75 Å². The quantitative estimate of drug-likeness (QED) is 0.499. The Morgan fingerprint density at radius 3 is 2.09 bits per heavy atom. The van der Waals surface area contributed by atoms with Crippen molar-refractivity contribution in [1.82, 2.24) is 6.15 Å². The third kappa shape index (κ3) is 3.88. The van der Waals surface area contributed by atoms with Crippen molar-refractivity contribution in [3.05, 3.63) is 106 Å². The molecule has 0 saturated heterocycles. The summed E-state index contributed by atoms with van der Waals surface area (Å²) in [7, 11) is 3.75. The first-order chi connectivity index (χ1) is 14.9. The second-order valence-electron chi connectivity index (χ2n) is 8.59. The van der Waals surface area contributed by atoms with Crippen LogP contribution >= 0.6 is 0 Å².